The fourth-order valence-corrected chi connectivity index (χ4v) is 4.74. The molecule has 3 aliphatic rings. The van der Waals surface area contributed by atoms with Crippen LogP contribution in [0.2, 0.25) is 0 Å². The molecule has 3 rings (SSSR count). The zero-order valence-corrected chi connectivity index (χ0v) is 15.2. The van der Waals surface area contributed by atoms with Crippen molar-refractivity contribution in [3.8, 4) is 0 Å². The monoisotopic (exact) mass is 338 g/mol. The molecule has 1 atom stereocenters. The summed E-state index contributed by atoms with van der Waals surface area (Å²) in [5, 5.41) is 9.74. The highest BCUT2D eigenvalue weighted by atomic mass is 16.6. The second-order valence-electron chi connectivity index (χ2n) is 8.12. The van der Waals surface area contributed by atoms with Gasteiger partial charge in [0.25, 0.3) is 0 Å². The second-order valence-corrected chi connectivity index (χ2v) is 8.12. The number of carbonyl (C=O) groups excluding carboxylic acids is 1. The van der Waals surface area contributed by atoms with Crippen molar-refractivity contribution in [2.45, 2.75) is 76.9 Å². The Kier molecular flexibility index (Phi) is 6.03. The highest BCUT2D eigenvalue weighted by Gasteiger charge is 2.41. The molecule has 5 heteroatoms. The van der Waals surface area contributed by atoms with E-state index in [1.54, 1.807) is 0 Å². The van der Waals surface area contributed by atoms with Gasteiger partial charge in [-0.05, 0) is 56.8 Å². The van der Waals surface area contributed by atoms with Crippen LogP contribution in [0, 0.1) is 5.41 Å². The zero-order valence-electron chi connectivity index (χ0n) is 15.2. The lowest BCUT2D eigenvalue weighted by Gasteiger charge is -2.47. The average molecular weight is 338 g/mol. The van der Waals surface area contributed by atoms with Gasteiger partial charge in [-0.2, -0.15) is 0 Å². The molecule has 0 aromatic heterocycles. The number of aliphatic hydroxyl groups excluding tert-OH is 1. The summed E-state index contributed by atoms with van der Waals surface area (Å²) < 4.78 is 5.35. The number of amides is 1. The number of carbonyl (C=O) groups is 1. The summed E-state index contributed by atoms with van der Waals surface area (Å²) >= 11 is 0. The smallest absolute Gasteiger partial charge is 0.409 e. The number of hydrogen-bond acceptors (Lipinski definition) is 4. The number of likely N-dealkylation sites (tertiary alicyclic amines) is 2. The number of hydrogen-bond donors (Lipinski definition) is 1. The highest BCUT2D eigenvalue weighted by Crippen LogP contribution is 2.46. The number of unbranched alkanes of at least 4 members (excludes halogenated alkanes) is 1. The van der Waals surface area contributed by atoms with E-state index in [4.69, 9.17) is 4.74 Å². The maximum Gasteiger partial charge on any atom is 0.409 e. The van der Waals surface area contributed by atoms with E-state index in [2.05, 4.69) is 11.8 Å². The average Bonchev–Trinajstić information content (AvgIpc) is 3.03. The normalized spacial score (nSPS) is 28.4. The van der Waals surface area contributed by atoms with E-state index in [1.165, 1.54) is 25.7 Å². The van der Waals surface area contributed by atoms with E-state index >= 15 is 0 Å². The maximum absolute atomic E-state index is 12.1. The van der Waals surface area contributed by atoms with Gasteiger partial charge in [0.2, 0.25) is 0 Å². The van der Waals surface area contributed by atoms with Crippen LogP contribution in [0.15, 0.2) is 0 Å². The van der Waals surface area contributed by atoms with Crippen LogP contribution >= 0.6 is 0 Å². The zero-order chi connectivity index (χ0) is 17.0. The Morgan fingerprint density at radius 2 is 1.83 bits per heavy atom. The molecule has 0 unspecified atom stereocenters. The topological polar surface area (TPSA) is 53.0 Å². The van der Waals surface area contributed by atoms with Gasteiger partial charge in [0.1, 0.15) is 0 Å². The summed E-state index contributed by atoms with van der Waals surface area (Å²) in [5.74, 6) is 0. The SMILES string of the molecule is CCCCOC(=O)N1CCC2(CCC(N3CC[C@H](O)C3)CC2)CC1. The third-order valence-corrected chi connectivity index (χ3v) is 6.53. The van der Waals surface area contributed by atoms with Crippen LogP contribution in [0.1, 0.15) is 64.7 Å². The summed E-state index contributed by atoms with van der Waals surface area (Å²) in [6, 6.07) is 0.671. The number of rotatable bonds is 4. The van der Waals surface area contributed by atoms with Crippen LogP contribution in [0.3, 0.4) is 0 Å². The number of nitrogens with zero attached hydrogens (tertiary/aromatic N) is 2. The van der Waals surface area contributed by atoms with Crippen molar-refractivity contribution in [1.29, 1.82) is 0 Å². The molecule has 0 aromatic carbocycles. The summed E-state index contributed by atoms with van der Waals surface area (Å²) in [6.07, 6.45) is 10.1. The molecule has 138 valence electrons. The first-order chi connectivity index (χ1) is 11.6. The number of ether oxygens (including phenoxy) is 1. The molecule has 5 nitrogen and oxygen atoms in total. The Morgan fingerprint density at radius 1 is 1.12 bits per heavy atom. The molecule has 1 N–H and O–H groups in total. The van der Waals surface area contributed by atoms with Crippen molar-refractivity contribution in [3.05, 3.63) is 0 Å². The van der Waals surface area contributed by atoms with Crippen molar-refractivity contribution in [1.82, 2.24) is 9.80 Å². The molecule has 2 heterocycles. The lowest BCUT2D eigenvalue weighted by molar-refractivity contribution is 0.0281. The van der Waals surface area contributed by atoms with Crippen molar-refractivity contribution in [2.75, 3.05) is 32.8 Å². The van der Waals surface area contributed by atoms with Gasteiger partial charge >= 0.3 is 6.09 Å². The summed E-state index contributed by atoms with van der Waals surface area (Å²) in [5.41, 5.74) is 0.453. The largest absolute Gasteiger partial charge is 0.449 e. The third-order valence-electron chi connectivity index (χ3n) is 6.53. The first kappa shape index (κ1) is 18.0. The highest BCUT2D eigenvalue weighted by molar-refractivity contribution is 5.67. The van der Waals surface area contributed by atoms with Gasteiger partial charge < -0.3 is 14.7 Å². The van der Waals surface area contributed by atoms with E-state index in [0.717, 1.165) is 58.3 Å². The molecule has 1 aliphatic carbocycles. The molecule has 24 heavy (non-hydrogen) atoms. The molecule has 1 saturated carbocycles. The van der Waals surface area contributed by atoms with Gasteiger partial charge in [-0.3, -0.25) is 4.90 Å². The molecular weight excluding hydrogens is 304 g/mol. The quantitative estimate of drug-likeness (QED) is 0.801. The fourth-order valence-electron chi connectivity index (χ4n) is 4.74. The van der Waals surface area contributed by atoms with Gasteiger partial charge in [-0.1, -0.05) is 13.3 Å². The Hall–Kier alpha value is -0.810. The summed E-state index contributed by atoms with van der Waals surface area (Å²) in [4.78, 5) is 16.5. The third kappa shape index (κ3) is 4.23. The van der Waals surface area contributed by atoms with Crippen molar-refractivity contribution in [3.63, 3.8) is 0 Å². The van der Waals surface area contributed by atoms with Crippen LogP contribution < -0.4 is 0 Å². The molecule has 1 spiro atoms. The van der Waals surface area contributed by atoms with E-state index in [0.29, 0.717) is 18.1 Å². The Bertz CT molecular complexity index is 411. The predicted octanol–water partition coefficient (Wildman–Crippen LogP) is 3.01. The van der Waals surface area contributed by atoms with Crippen LogP contribution in [-0.4, -0.2) is 65.9 Å². The lowest BCUT2D eigenvalue weighted by atomic mass is 9.67. The number of aliphatic hydroxyl groups is 1. The molecular formula is C19H34N2O3. The molecule has 3 fully saturated rings. The van der Waals surface area contributed by atoms with Gasteiger partial charge in [-0.15, -0.1) is 0 Å². The molecule has 0 radical (unpaired) electrons. The van der Waals surface area contributed by atoms with Crippen molar-refractivity contribution in [2.24, 2.45) is 5.41 Å². The molecule has 1 amide bonds. The fraction of sp³-hybridized carbons (Fsp3) is 0.947. The molecule has 2 saturated heterocycles. The Labute approximate surface area is 146 Å². The minimum atomic E-state index is -0.113. The Morgan fingerprint density at radius 3 is 2.42 bits per heavy atom. The first-order valence-electron chi connectivity index (χ1n) is 9.96. The molecule has 0 aromatic rings. The number of piperidine rings is 1. The van der Waals surface area contributed by atoms with Gasteiger partial charge in [0.15, 0.2) is 0 Å². The van der Waals surface area contributed by atoms with E-state index < -0.39 is 0 Å². The first-order valence-corrected chi connectivity index (χ1v) is 9.96. The lowest BCUT2D eigenvalue weighted by Crippen LogP contribution is -2.47. The van der Waals surface area contributed by atoms with Gasteiger partial charge in [0.05, 0.1) is 12.7 Å². The van der Waals surface area contributed by atoms with Crippen LogP contribution in [0.25, 0.3) is 0 Å². The van der Waals surface area contributed by atoms with Crippen LogP contribution in [0.5, 0.6) is 0 Å². The van der Waals surface area contributed by atoms with Gasteiger partial charge in [0, 0.05) is 32.2 Å². The summed E-state index contributed by atoms with van der Waals surface area (Å²) in [7, 11) is 0. The van der Waals surface area contributed by atoms with Crippen molar-refractivity contribution >= 4 is 6.09 Å². The second kappa shape index (κ2) is 8.05. The Balaban J connectivity index is 1.41. The van der Waals surface area contributed by atoms with E-state index in [-0.39, 0.29) is 12.2 Å². The maximum atomic E-state index is 12.1. The summed E-state index contributed by atoms with van der Waals surface area (Å²) in [6.45, 7) is 6.32. The number of β-amino-alcohol motifs (C(OH)–C–C–N with tert-alkyl or cyclic N) is 1. The van der Waals surface area contributed by atoms with Gasteiger partial charge in [-0.25, -0.2) is 4.79 Å². The minimum Gasteiger partial charge on any atom is -0.449 e. The minimum absolute atomic E-state index is 0.108. The van der Waals surface area contributed by atoms with Crippen LogP contribution in [-0.2, 0) is 4.74 Å². The van der Waals surface area contributed by atoms with E-state index in [9.17, 15) is 9.90 Å². The van der Waals surface area contributed by atoms with Crippen molar-refractivity contribution < 1.29 is 14.6 Å². The molecule has 0 bridgehead atoms. The standard InChI is InChI=1S/C19H34N2O3/c1-2-3-14-24-18(23)20-12-9-19(10-13-20)7-4-16(5-8-19)21-11-6-17(22)15-21/h16-17,22H,2-15H2,1H3/t17-/m0/s1. The molecule has 2 aliphatic heterocycles. The van der Waals surface area contributed by atoms with E-state index in [1.807, 2.05) is 4.90 Å². The van der Waals surface area contributed by atoms with Crippen LogP contribution in [0.4, 0.5) is 4.79 Å². The predicted molar refractivity (Wildman–Crippen MR) is 93.9 cm³/mol.